The number of aliphatic hydroxyl groups is 1. The van der Waals surface area contributed by atoms with E-state index < -0.39 is 5.85 Å². The van der Waals surface area contributed by atoms with Crippen LogP contribution in [0.3, 0.4) is 0 Å². The molecule has 0 saturated carbocycles. The summed E-state index contributed by atoms with van der Waals surface area (Å²) < 4.78 is 0. The molecule has 0 aromatic rings. The fourth-order valence-electron chi connectivity index (χ4n) is 0.512. The van der Waals surface area contributed by atoms with Gasteiger partial charge in [0.25, 0.3) is 0 Å². The Morgan fingerprint density at radius 3 is 2.78 bits per heavy atom. The number of hydrogen-bond acceptors (Lipinski definition) is 5. The summed E-state index contributed by atoms with van der Waals surface area (Å²) in [6.45, 7) is 0. The van der Waals surface area contributed by atoms with Crippen LogP contribution >= 0.6 is 0 Å². The Morgan fingerprint density at radius 1 is 1.78 bits per heavy atom. The smallest absolute Gasteiger partial charge is 0.236 e. The molecule has 1 rings (SSSR count). The predicted molar refractivity (Wildman–Crippen MR) is 33.0 cm³/mol. The number of nitrogens with zero attached hydrogens (tertiary/aromatic N) is 1. The Balaban J connectivity index is 2.78. The minimum atomic E-state index is -1.63. The minimum Gasteiger partial charge on any atom is -0.370 e. The largest absolute Gasteiger partial charge is 0.370 e. The van der Waals surface area contributed by atoms with Gasteiger partial charge in [0.1, 0.15) is 0 Å². The summed E-state index contributed by atoms with van der Waals surface area (Å²) in [7, 11) is 0. The van der Waals surface area contributed by atoms with E-state index in [1.807, 2.05) is 0 Å². The Bertz CT molecular complexity index is 171. The lowest BCUT2D eigenvalue weighted by Crippen LogP contribution is -2.44. The van der Waals surface area contributed by atoms with Gasteiger partial charge in [-0.1, -0.05) is 0 Å². The lowest BCUT2D eigenvalue weighted by Gasteiger charge is -2.17. The SMILES string of the molecule is NC1=NC(N)(O)C=CN1. The molecule has 0 aliphatic carbocycles. The van der Waals surface area contributed by atoms with Gasteiger partial charge < -0.3 is 16.2 Å². The molecule has 0 bridgehead atoms. The van der Waals surface area contributed by atoms with Crippen LogP contribution in [0, 0.1) is 0 Å². The van der Waals surface area contributed by atoms with E-state index >= 15 is 0 Å². The molecule has 1 heterocycles. The third kappa shape index (κ3) is 1.41. The Morgan fingerprint density at radius 2 is 2.44 bits per heavy atom. The van der Waals surface area contributed by atoms with Gasteiger partial charge in [0.05, 0.1) is 0 Å². The van der Waals surface area contributed by atoms with Crippen LogP contribution in [0.4, 0.5) is 0 Å². The van der Waals surface area contributed by atoms with Gasteiger partial charge in [0.2, 0.25) is 5.85 Å². The highest BCUT2D eigenvalue weighted by atomic mass is 16.3. The molecule has 0 fully saturated rings. The molecule has 6 N–H and O–H groups in total. The molecule has 0 spiro atoms. The third-order valence-electron chi connectivity index (χ3n) is 0.859. The van der Waals surface area contributed by atoms with Crippen molar-refractivity contribution in [1.82, 2.24) is 5.32 Å². The highest BCUT2D eigenvalue weighted by Crippen LogP contribution is 2.00. The van der Waals surface area contributed by atoms with Crippen molar-refractivity contribution in [2.75, 3.05) is 0 Å². The molecule has 0 aromatic heterocycles. The second-order valence-corrected chi connectivity index (χ2v) is 1.76. The van der Waals surface area contributed by atoms with Gasteiger partial charge in [-0.25, -0.2) is 0 Å². The molecule has 0 aromatic carbocycles. The first kappa shape index (κ1) is 6.06. The van der Waals surface area contributed by atoms with Gasteiger partial charge in [-0.2, -0.15) is 4.99 Å². The van der Waals surface area contributed by atoms with Gasteiger partial charge in [0, 0.05) is 12.3 Å². The van der Waals surface area contributed by atoms with Gasteiger partial charge in [-0.15, -0.1) is 0 Å². The monoisotopic (exact) mass is 128 g/mol. The fraction of sp³-hybridized carbons (Fsp3) is 0.250. The number of hydrogen-bond donors (Lipinski definition) is 4. The standard InChI is InChI=1S/C4H8N4O/c5-3-7-2-1-4(6,9)8-3/h1-2,9H,6H2,(H3,5,7,8). The van der Waals surface area contributed by atoms with Crippen LogP contribution in [0.15, 0.2) is 17.3 Å². The van der Waals surface area contributed by atoms with Crippen LogP contribution in [0.2, 0.25) is 0 Å². The molecule has 50 valence electrons. The number of guanidine groups is 1. The fourth-order valence-corrected chi connectivity index (χ4v) is 0.512. The molecule has 0 saturated heterocycles. The number of nitrogens with one attached hydrogen (secondary N) is 1. The van der Waals surface area contributed by atoms with E-state index in [0.717, 1.165) is 0 Å². The average molecular weight is 128 g/mol. The van der Waals surface area contributed by atoms with E-state index in [9.17, 15) is 0 Å². The van der Waals surface area contributed by atoms with Crippen molar-refractivity contribution >= 4 is 5.96 Å². The number of aliphatic imine (C=N–C) groups is 1. The van der Waals surface area contributed by atoms with Crippen LogP contribution in [0.1, 0.15) is 0 Å². The lowest BCUT2D eigenvalue weighted by atomic mass is 10.4. The van der Waals surface area contributed by atoms with E-state index in [1.54, 1.807) is 0 Å². The van der Waals surface area contributed by atoms with Crippen molar-refractivity contribution in [1.29, 1.82) is 0 Å². The second kappa shape index (κ2) is 1.71. The number of nitrogens with two attached hydrogens (primary N) is 2. The Kier molecular flexibility index (Phi) is 1.15. The zero-order valence-electron chi connectivity index (χ0n) is 4.70. The normalized spacial score (nSPS) is 33.3. The molecule has 0 radical (unpaired) electrons. The van der Waals surface area contributed by atoms with Crippen molar-refractivity contribution in [3.63, 3.8) is 0 Å². The van der Waals surface area contributed by atoms with Crippen molar-refractivity contribution in [3.8, 4) is 0 Å². The lowest BCUT2D eigenvalue weighted by molar-refractivity contribution is 0.106. The maximum atomic E-state index is 8.93. The Labute approximate surface area is 52.1 Å². The van der Waals surface area contributed by atoms with Crippen LogP contribution in [0.5, 0.6) is 0 Å². The van der Waals surface area contributed by atoms with Crippen LogP contribution in [0.25, 0.3) is 0 Å². The van der Waals surface area contributed by atoms with Crippen molar-refractivity contribution in [3.05, 3.63) is 12.3 Å². The summed E-state index contributed by atoms with van der Waals surface area (Å²) >= 11 is 0. The quantitative estimate of drug-likeness (QED) is 0.284. The average Bonchev–Trinajstić information content (AvgIpc) is 1.60. The molecule has 1 unspecified atom stereocenters. The van der Waals surface area contributed by atoms with E-state index in [0.29, 0.717) is 0 Å². The van der Waals surface area contributed by atoms with Gasteiger partial charge in [0.15, 0.2) is 5.96 Å². The Hall–Kier alpha value is -1.07. The molecule has 5 heteroatoms. The van der Waals surface area contributed by atoms with Gasteiger partial charge in [-0.3, -0.25) is 5.73 Å². The second-order valence-electron chi connectivity index (χ2n) is 1.76. The number of rotatable bonds is 0. The zero-order chi connectivity index (χ0) is 6.91. The van der Waals surface area contributed by atoms with Crippen molar-refractivity contribution in [2.24, 2.45) is 16.5 Å². The minimum absolute atomic E-state index is 0.113. The molecule has 1 atom stereocenters. The highest BCUT2D eigenvalue weighted by Gasteiger charge is 2.17. The van der Waals surface area contributed by atoms with Crippen LogP contribution in [-0.4, -0.2) is 16.9 Å². The van der Waals surface area contributed by atoms with Crippen LogP contribution in [-0.2, 0) is 0 Å². The van der Waals surface area contributed by atoms with Crippen LogP contribution < -0.4 is 16.8 Å². The molecule has 5 nitrogen and oxygen atoms in total. The summed E-state index contributed by atoms with van der Waals surface area (Å²) in [5.41, 5.74) is 10.3. The maximum absolute atomic E-state index is 8.93. The molecule has 0 amide bonds. The summed E-state index contributed by atoms with van der Waals surface area (Å²) in [6.07, 6.45) is 2.73. The summed E-state index contributed by atoms with van der Waals surface area (Å²) in [5.74, 6) is -1.52. The van der Waals surface area contributed by atoms with E-state index in [-0.39, 0.29) is 5.96 Å². The van der Waals surface area contributed by atoms with Crippen molar-refractivity contribution < 1.29 is 5.11 Å². The van der Waals surface area contributed by atoms with E-state index in [4.69, 9.17) is 16.6 Å². The summed E-state index contributed by atoms with van der Waals surface area (Å²) in [5, 5.41) is 11.5. The molecule has 9 heavy (non-hydrogen) atoms. The van der Waals surface area contributed by atoms with E-state index in [2.05, 4.69) is 10.3 Å². The topological polar surface area (TPSA) is 96.7 Å². The first-order valence-corrected chi connectivity index (χ1v) is 2.41. The molecular weight excluding hydrogens is 120 g/mol. The molecule has 1 aliphatic heterocycles. The predicted octanol–water partition coefficient (Wildman–Crippen LogP) is -1.98. The highest BCUT2D eigenvalue weighted by molar-refractivity contribution is 5.80. The first-order valence-electron chi connectivity index (χ1n) is 2.41. The first-order chi connectivity index (χ1) is 4.10. The summed E-state index contributed by atoms with van der Waals surface area (Å²) in [4.78, 5) is 3.44. The van der Waals surface area contributed by atoms with E-state index in [1.165, 1.54) is 12.3 Å². The van der Waals surface area contributed by atoms with Gasteiger partial charge >= 0.3 is 0 Å². The molecular formula is C4H8N4O. The third-order valence-corrected chi connectivity index (χ3v) is 0.859. The summed E-state index contributed by atoms with van der Waals surface area (Å²) in [6, 6.07) is 0. The van der Waals surface area contributed by atoms with Gasteiger partial charge in [-0.05, 0) is 0 Å². The molecule has 1 aliphatic rings. The maximum Gasteiger partial charge on any atom is 0.236 e. The van der Waals surface area contributed by atoms with Crippen molar-refractivity contribution in [2.45, 2.75) is 5.85 Å². The zero-order valence-corrected chi connectivity index (χ0v) is 4.70.